The first kappa shape index (κ1) is 21.9. The van der Waals surface area contributed by atoms with Gasteiger partial charge in [0.25, 0.3) is 0 Å². The van der Waals surface area contributed by atoms with Crippen LogP contribution in [0.1, 0.15) is 18.4 Å². The summed E-state index contributed by atoms with van der Waals surface area (Å²) in [6, 6.07) is 14.6. The van der Waals surface area contributed by atoms with Crippen molar-refractivity contribution in [3.8, 4) is 0 Å². The van der Waals surface area contributed by atoms with Gasteiger partial charge in [0.15, 0.2) is 0 Å². The summed E-state index contributed by atoms with van der Waals surface area (Å²) < 4.78 is 29.8. The summed E-state index contributed by atoms with van der Waals surface area (Å²) in [5.74, 6) is -0.458. The molecule has 1 amide bonds. The van der Waals surface area contributed by atoms with Crippen molar-refractivity contribution in [2.45, 2.75) is 24.2 Å². The van der Waals surface area contributed by atoms with E-state index in [-0.39, 0.29) is 23.3 Å². The number of nitrogens with one attached hydrogen (secondary N) is 1. The fourth-order valence-electron chi connectivity index (χ4n) is 4.11. The average Bonchev–Trinajstić information content (AvgIpc) is 3.15. The molecule has 1 saturated heterocycles. The highest BCUT2D eigenvalue weighted by Crippen LogP contribution is 2.26. The summed E-state index contributed by atoms with van der Waals surface area (Å²) >= 11 is 6.17. The molecule has 1 fully saturated rings. The highest BCUT2D eigenvalue weighted by molar-refractivity contribution is 7.89. The van der Waals surface area contributed by atoms with Crippen LogP contribution in [0.3, 0.4) is 0 Å². The van der Waals surface area contributed by atoms with Gasteiger partial charge in [0.05, 0.1) is 10.8 Å². The Balaban J connectivity index is 1.40. The second-order valence-electron chi connectivity index (χ2n) is 7.98. The van der Waals surface area contributed by atoms with Crippen molar-refractivity contribution < 1.29 is 13.2 Å². The van der Waals surface area contributed by atoms with Gasteiger partial charge in [0.2, 0.25) is 15.9 Å². The first-order valence-corrected chi connectivity index (χ1v) is 12.2. The predicted molar refractivity (Wildman–Crippen MR) is 123 cm³/mol. The van der Waals surface area contributed by atoms with E-state index in [9.17, 15) is 13.2 Å². The zero-order chi connectivity index (χ0) is 22.0. The van der Waals surface area contributed by atoms with Gasteiger partial charge in [-0.1, -0.05) is 29.8 Å². The number of fused-ring (bicyclic) bond motifs is 1. The highest BCUT2D eigenvalue weighted by atomic mass is 35.5. The van der Waals surface area contributed by atoms with Crippen LogP contribution < -0.4 is 5.32 Å². The molecule has 164 valence electrons. The van der Waals surface area contributed by atoms with E-state index in [1.807, 2.05) is 54.2 Å². The van der Waals surface area contributed by atoms with Crippen molar-refractivity contribution in [1.82, 2.24) is 14.2 Å². The summed E-state index contributed by atoms with van der Waals surface area (Å²) in [6.07, 6.45) is 3.89. The first-order chi connectivity index (χ1) is 14.9. The second-order valence-corrected chi connectivity index (χ2v) is 10.3. The first-order valence-electron chi connectivity index (χ1n) is 10.4. The number of carbonyl (C=O) groups excluding carboxylic acids is 1. The van der Waals surface area contributed by atoms with E-state index < -0.39 is 10.0 Å². The van der Waals surface area contributed by atoms with Crippen molar-refractivity contribution in [2.75, 3.05) is 19.6 Å². The van der Waals surface area contributed by atoms with E-state index in [2.05, 4.69) is 5.32 Å². The monoisotopic (exact) mass is 459 g/mol. The van der Waals surface area contributed by atoms with E-state index >= 15 is 0 Å². The Morgan fingerprint density at radius 3 is 2.81 bits per heavy atom. The topological polar surface area (TPSA) is 71.4 Å². The molecule has 1 N–H and O–H groups in total. The van der Waals surface area contributed by atoms with Crippen LogP contribution in [0.15, 0.2) is 59.6 Å². The Kier molecular flexibility index (Phi) is 6.36. The van der Waals surface area contributed by atoms with Crippen LogP contribution in [-0.4, -0.2) is 42.8 Å². The molecular weight excluding hydrogens is 434 g/mol. The molecule has 1 aromatic heterocycles. The minimum Gasteiger partial charge on any atom is -0.355 e. The van der Waals surface area contributed by atoms with Crippen LogP contribution in [0.2, 0.25) is 5.02 Å². The number of aromatic nitrogens is 1. The van der Waals surface area contributed by atoms with E-state index in [0.29, 0.717) is 37.4 Å². The molecule has 4 rings (SSSR count). The van der Waals surface area contributed by atoms with Crippen molar-refractivity contribution in [1.29, 1.82) is 0 Å². The summed E-state index contributed by atoms with van der Waals surface area (Å²) in [5, 5.41) is 4.51. The molecule has 2 heterocycles. The van der Waals surface area contributed by atoms with Gasteiger partial charge in [-0.3, -0.25) is 4.79 Å². The molecule has 2 aromatic carbocycles. The number of hydrogen-bond donors (Lipinski definition) is 1. The number of piperidine rings is 1. The maximum Gasteiger partial charge on any atom is 0.243 e. The lowest BCUT2D eigenvalue weighted by Crippen LogP contribution is -2.45. The van der Waals surface area contributed by atoms with Crippen LogP contribution in [0, 0.1) is 5.92 Å². The molecule has 31 heavy (non-hydrogen) atoms. The number of benzene rings is 2. The third-order valence-corrected chi connectivity index (χ3v) is 8.13. The number of aryl methyl sites for hydroxylation is 1. The van der Waals surface area contributed by atoms with Crippen molar-refractivity contribution >= 4 is 38.4 Å². The Bertz CT molecular complexity index is 1210. The molecule has 1 atom stereocenters. The summed E-state index contributed by atoms with van der Waals surface area (Å²) in [5.41, 5.74) is 1.96. The Labute approximate surface area is 187 Å². The van der Waals surface area contributed by atoms with Crippen LogP contribution in [0.25, 0.3) is 10.9 Å². The van der Waals surface area contributed by atoms with Crippen molar-refractivity contribution in [3.05, 3.63) is 65.3 Å². The maximum atomic E-state index is 13.2. The van der Waals surface area contributed by atoms with Crippen LogP contribution >= 0.6 is 11.6 Å². The van der Waals surface area contributed by atoms with E-state index in [0.717, 1.165) is 16.5 Å². The van der Waals surface area contributed by atoms with Crippen LogP contribution in [0.5, 0.6) is 0 Å². The van der Waals surface area contributed by atoms with Gasteiger partial charge in [-0.25, -0.2) is 8.42 Å². The number of halogens is 1. The molecule has 1 aliphatic heterocycles. The van der Waals surface area contributed by atoms with Crippen molar-refractivity contribution in [3.63, 3.8) is 0 Å². The molecule has 0 radical (unpaired) electrons. The third-order valence-electron chi connectivity index (χ3n) is 5.90. The van der Waals surface area contributed by atoms with Gasteiger partial charge in [0, 0.05) is 48.8 Å². The van der Waals surface area contributed by atoms with E-state index in [1.165, 1.54) is 4.31 Å². The minimum absolute atomic E-state index is 0.106. The smallest absolute Gasteiger partial charge is 0.243 e. The summed E-state index contributed by atoms with van der Waals surface area (Å²) in [6.45, 7) is 1.10. The maximum absolute atomic E-state index is 13.2. The molecule has 0 unspecified atom stereocenters. The number of sulfonamides is 1. The van der Waals surface area contributed by atoms with Crippen molar-refractivity contribution in [2.24, 2.45) is 13.0 Å². The fourth-order valence-corrected chi connectivity index (χ4v) is 5.90. The number of nitrogens with zero attached hydrogens (tertiary/aromatic N) is 2. The largest absolute Gasteiger partial charge is 0.355 e. The van der Waals surface area contributed by atoms with Gasteiger partial charge in [0.1, 0.15) is 0 Å². The molecule has 0 bridgehead atoms. The molecule has 1 aliphatic rings. The van der Waals surface area contributed by atoms with Crippen LogP contribution in [0.4, 0.5) is 0 Å². The predicted octanol–water partition coefficient (Wildman–Crippen LogP) is 3.59. The summed E-state index contributed by atoms with van der Waals surface area (Å²) in [7, 11) is -1.73. The summed E-state index contributed by atoms with van der Waals surface area (Å²) in [4.78, 5) is 13.0. The lowest BCUT2D eigenvalue weighted by Gasteiger charge is -2.31. The van der Waals surface area contributed by atoms with Gasteiger partial charge in [-0.15, -0.1) is 0 Å². The lowest BCUT2D eigenvalue weighted by molar-refractivity contribution is -0.126. The number of rotatable bonds is 6. The number of hydrogen-bond acceptors (Lipinski definition) is 3. The molecule has 0 spiro atoms. The molecular formula is C23H26ClN3O3S. The molecule has 8 heteroatoms. The Morgan fingerprint density at radius 2 is 2.00 bits per heavy atom. The normalized spacial score (nSPS) is 17.7. The number of amides is 1. The minimum atomic E-state index is -3.65. The zero-order valence-corrected chi connectivity index (χ0v) is 19.0. The third kappa shape index (κ3) is 4.63. The van der Waals surface area contributed by atoms with E-state index in [1.54, 1.807) is 12.1 Å². The van der Waals surface area contributed by atoms with Gasteiger partial charge >= 0.3 is 0 Å². The van der Waals surface area contributed by atoms with Crippen LogP contribution in [-0.2, 0) is 28.3 Å². The molecule has 0 aliphatic carbocycles. The zero-order valence-electron chi connectivity index (χ0n) is 17.4. The molecule has 6 nitrogen and oxygen atoms in total. The van der Waals surface area contributed by atoms with Gasteiger partial charge in [-0.2, -0.15) is 4.31 Å². The Hall–Kier alpha value is -2.35. The number of carbonyl (C=O) groups is 1. The van der Waals surface area contributed by atoms with Gasteiger partial charge in [-0.05, 0) is 55.2 Å². The quantitative estimate of drug-likeness (QED) is 0.612. The van der Waals surface area contributed by atoms with Gasteiger partial charge < -0.3 is 9.88 Å². The van der Waals surface area contributed by atoms with E-state index in [4.69, 9.17) is 11.6 Å². The standard InChI is InChI=1S/C23H26ClN3O3S/c1-26-14-11-18-15-20(8-9-22(18)26)31(29,30)27-13-4-6-19(16-27)23(28)25-12-10-17-5-2-3-7-21(17)24/h2-3,5,7-9,11,14-15,19H,4,6,10,12-13,16H2,1H3,(H,25,28)/t19-/m1/s1. The SMILES string of the molecule is Cn1ccc2cc(S(=O)(=O)N3CCC[C@@H](C(=O)NCCc4ccccc4Cl)C3)ccc21. The highest BCUT2D eigenvalue weighted by Gasteiger charge is 2.33. The average molecular weight is 460 g/mol. The fraction of sp³-hybridized carbons (Fsp3) is 0.348. The molecule has 3 aromatic rings. The second kappa shape index (κ2) is 9.02. The Morgan fingerprint density at radius 1 is 1.19 bits per heavy atom. The molecule has 0 saturated carbocycles. The lowest BCUT2D eigenvalue weighted by atomic mass is 9.99.